The highest BCUT2D eigenvalue weighted by Gasteiger charge is 2.42. The van der Waals surface area contributed by atoms with Crippen LogP contribution in [0.2, 0.25) is 0 Å². The molecule has 1 saturated heterocycles. The highest BCUT2D eigenvalue weighted by molar-refractivity contribution is 5.12. The van der Waals surface area contributed by atoms with Crippen molar-refractivity contribution in [3.8, 4) is 6.07 Å². The van der Waals surface area contributed by atoms with Crippen molar-refractivity contribution in [1.29, 1.82) is 5.26 Å². The number of rotatable bonds is 1. The Balaban J connectivity index is 2.08. The van der Waals surface area contributed by atoms with Gasteiger partial charge in [-0.15, -0.1) is 0 Å². The standard InChI is InChI=1S/C12H20N2/c1-11-5-6-12(9-11,10-13)14-7-3-2-4-8-14/h11H,2-9H2,1H3. The first-order valence-electron chi connectivity index (χ1n) is 5.93. The third-order valence-corrected chi connectivity index (χ3v) is 3.91. The fraction of sp³-hybridized carbons (Fsp3) is 0.917. The van der Waals surface area contributed by atoms with Crippen molar-refractivity contribution in [2.75, 3.05) is 13.1 Å². The minimum Gasteiger partial charge on any atom is -0.286 e. The third kappa shape index (κ3) is 1.66. The van der Waals surface area contributed by atoms with Crippen LogP contribution in [0.15, 0.2) is 0 Å². The van der Waals surface area contributed by atoms with Gasteiger partial charge < -0.3 is 0 Å². The van der Waals surface area contributed by atoms with Crippen molar-refractivity contribution in [3.63, 3.8) is 0 Å². The van der Waals surface area contributed by atoms with E-state index in [-0.39, 0.29) is 5.54 Å². The van der Waals surface area contributed by atoms with Gasteiger partial charge in [0, 0.05) is 0 Å². The lowest BCUT2D eigenvalue weighted by atomic mass is 9.93. The van der Waals surface area contributed by atoms with Gasteiger partial charge in [-0.3, -0.25) is 4.90 Å². The Morgan fingerprint density at radius 1 is 1.29 bits per heavy atom. The molecule has 0 aromatic heterocycles. The van der Waals surface area contributed by atoms with E-state index in [0.717, 1.165) is 31.8 Å². The summed E-state index contributed by atoms with van der Waals surface area (Å²) in [5.41, 5.74) is -0.0835. The maximum absolute atomic E-state index is 9.39. The van der Waals surface area contributed by atoms with Crippen LogP contribution in [0.1, 0.15) is 45.4 Å². The molecule has 78 valence electrons. The molecule has 2 nitrogen and oxygen atoms in total. The van der Waals surface area contributed by atoms with Gasteiger partial charge in [-0.25, -0.2) is 0 Å². The van der Waals surface area contributed by atoms with Gasteiger partial charge in [0.1, 0.15) is 5.54 Å². The van der Waals surface area contributed by atoms with E-state index in [1.165, 1.54) is 25.7 Å². The highest BCUT2D eigenvalue weighted by atomic mass is 15.2. The molecular weight excluding hydrogens is 172 g/mol. The zero-order valence-electron chi connectivity index (χ0n) is 9.13. The Hall–Kier alpha value is -0.550. The summed E-state index contributed by atoms with van der Waals surface area (Å²) in [6, 6.07) is 2.60. The monoisotopic (exact) mass is 192 g/mol. The second-order valence-electron chi connectivity index (χ2n) is 5.04. The fourth-order valence-electron chi connectivity index (χ4n) is 3.05. The SMILES string of the molecule is CC1CCC(C#N)(N2CCCCC2)C1. The molecule has 2 aliphatic rings. The lowest BCUT2D eigenvalue weighted by Crippen LogP contribution is -2.48. The topological polar surface area (TPSA) is 27.0 Å². The van der Waals surface area contributed by atoms with Gasteiger partial charge in [0.05, 0.1) is 6.07 Å². The number of hydrogen-bond donors (Lipinski definition) is 0. The van der Waals surface area contributed by atoms with Crippen molar-refractivity contribution >= 4 is 0 Å². The summed E-state index contributed by atoms with van der Waals surface area (Å²) < 4.78 is 0. The van der Waals surface area contributed by atoms with Crippen LogP contribution in [-0.2, 0) is 0 Å². The van der Waals surface area contributed by atoms with Crippen LogP contribution in [0, 0.1) is 17.2 Å². The summed E-state index contributed by atoms with van der Waals surface area (Å²) in [6.45, 7) is 4.59. The molecule has 2 unspecified atom stereocenters. The maximum atomic E-state index is 9.39. The van der Waals surface area contributed by atoms with Crippen LogP contribution < -0.4 is 0 Å². The summed E-state index contributed by atoms with van der Waals surface area (Å²) in [7, 11) is 0. The summed E-state index contributed by atoms with van der Waals surface area (Å²) in [6.07, 6.45) is 7.38. The molecule has 0 spiro atoms. The number of likely N-dealkylation sites (tertiary alicyclic amines) is 1. The van der Waals surface area contributed by atoms with Crippen LogP contribution >= 0.6 is 0 Å². The number of nitriles is 1. The van der Waals surface area contributed by atoms with Crippen molar-refractivity contribution in [2.45, 2.75) is 51.0 Å². The maximum Gasteiger partial charge on any atom is 0.109 e. The zero-order chi connectivity index (χ0) is 10.0. The molecule has 1 heterocycles. The Labute approximate surface area is 86.9 Å². The van der Waals surface area contributed by atoms with Gasteiger partial charge in [-0.05, 0) is 51.1 Å². The molecule has 1 saturated carbocycles. The first-order valence-corrected chi connectivity index (χ1v) is 5.93. The minimum absolute atomic E-state index is 0.0835. The predicted molar refractivity (Wildman–Crippen MR) is 56.8 cm³/mol. The summed E-state index contributed by atoms with van der Waals surface area (Å²) >= 11 is 0. The first kappa shape index (κ1) is 9.98. The van der Waals surface area contributed by atoms with E-state index >= 15 is 0 Å². The molecule has 2 rings (SSSR count). The van der Waals surface area contributed by atoms with E-state index in [1.807, 2.05) is 0 Å². The highest BCUT2D eigenvalue weighted by Crippen LogP contribution is 2.39. The van der Waals surface area contributed by atoms with Crippen LogP contribution in [0.5, 0.6) is 0 Å². The average Bonchev–Trinajstić information content (AvgIpc) is 2.63. The van der Waals surface area contributed by atoms with Crippen LogP contribution in [0.3, 0.4) is 0 Å². The Morgan fingerprint density at radius 2 is 2.00 bits per heavy atom. The molecule has 2 atom stereocenters. The van der Waals surface area contributed by atoms with Crippen molar-refractivity contribution in [2.24, 2.45) is 5.92 Å². The molecule has 14 heavy (non-hydrogen) atoms. The molecule has 1 aliphatic carbocycles. The van der Waals surface area contributed by atoms with Gasteiger partial charge in [0.2, 0.25) is 0 Å². The number of hydrogen-bond acceptors (Lipinski definition) is 2. The van der Waals surface area contributed by atoms with Gasteiger partial charge in [-0.2, -0.15) is 5.26 Å². The molecule has 0 aromatic rings. The Bertz CT molecular complexity index is 237. The normalized spacial score (nSPS) is 39.6. The van der Waals surface area contributed by atoms with E-state index < -0.39 is 0 Å². The van der Waals surface area contributed by atoms with E-state index in [2.05, 4.69) is 17.9 Å². The summed E-state index contributed by atoms with van der Waals surface area (Å²) in [5.74, 6) is 0.747. The minimum atomic E-state index is -0.0835. The van der Waals surface area contributed by atoms with Crippen LogP contribution in [0.25, 0.3) is 0 Å². The van der Waals surface area contributed by atoms with Crippen molar-refractivity contribution in [1.82, 2.24) is 4.90 Å². The van der Waals surface area contributed by atoms with Crippen LogP contribution in [0.4, 0.5) is 0 Å². The molecule has 0 aromatic carbocycles. The quantitative estimate of drug-likeness (QED) is 0.638. The zero-order valence-corrected chi connectivity index (χ0v) is 9.13. The molecule has 0 radical (unpaired) electrons. The van der Waals surface area contributed by atoms with Gasteiger partial charge in [0.25, 0.3) is 0 Å². The molecular formula is C12H20N2. The van der Waals surface area contributed by atoms with Gasteiger partial charge >= 0.3 is 0 Å². The summed E-state index contributed by atoms with van der Waals surface area (Å²) in [5, 5.41) is 9.39. The first-order chi connectivity index (χ1) is 6.77. The molecule has 0 bridgehead atoms. The van der Waals surface area contributed by atoms with E-state index in [9.17, 15) is 5.26 Å². The van der Waals surface area contributed by atoms with Crippen molar-refractivity contribution < 1.29 is 0 Å². The van der Waals surface area contributed by atoms with Gasteiger partial charge in [-0.1, -0.05) is 13.3 Å². The molecule has 0 N–H and O–H groups in total. The predicted octanol–water partition coefficient (Wildman–Crippen LogP) is 2.55. The largest absolute Gasteiger partial charge is 0.286 e. The van der Waals surface area contributed by atoms with Gasteiger partial charge in [0.15, 0.2) is 0 Å². The number of piperidine rings is 1. The Kier molecular flexibility index (Phi) is 2.78. The lowest BCUT2D eigenvalue weighted by Gasteiger charge is -2.38. The molecule has 2 fully saturated rings. The molecule has 2 heteroatoms. The molecule has 1 aliphatic heterocycles. The lowest BCUT2D eigenvalue weighted by molar-refractivity contribution is 0.112. The summed E-state index contributed by atoms with van der Waals surface area (Å²) in [4.78, 5) is 2.46. The molecule has 0 amide bonds. The van der Waals surface area contributed by atoms with Crippen LogP contribution in [-0.4, -0.2) is 23.5 Å². The van der Waals surface area contributed by atoms with E-state index in [4.69, 9.17) is 0 Å². The fourth-order valence-corrected chi connectivity index (χ4v) is 3.05. The smallest absolute Gasteiger partial charge is 0.109 e. The van der Waals surface area contributed by atoms with Crippen molar-refractivity contribution in [3.05, 3.63) is 0 Å². The number of nitrogens with zero attached hydrogens (tertiary/aromatic N) is 2. The second-order valence-corrected chi connectivity index (χ2v) is 5.04. The Morgan fingerprint density at radius 3 is 2.50 bits per heavy atom. The second kappa shape index (κ2) is 3.90. The third-order valence-electron chi connectivity index (χ3n) is 3.91. The average molecular weight is 192 g/mol. The van der Waals surface area contributed by atoms with E-state index in [1.54, 1.807) is 0 Å². The van der Waals surface area contributed by atoms with E-state index in [0.29, 0.717) is 0 Å².